The molecule has 2 N–H and O–H groups in total. The lowest BCUT2D eigenvalue weighted by molar-refractivity contribution is 0.101. The van der Waals surface area contributed by atoms with Crippen LogP contribution in [0.25, 0.3) is 0 Å². The Hall–Kier alpha value is -3.23. The molecule has 0 aliphatic carbocycles. The third-order valence-electron chi connectivity index (χ3n) is 4.52. The van der Waals surface area contributed by atoms with Crippen LogP contribution in [0.1, 0.15) is 17.3 Å². The zero-order valence-electron chi connectivity index (χ0n) is 16.4. The van der Waals surface area contributed by atoms with Crippen molar-refractivity contribution in [3.8, 4) is 0 Å². The SMILES string of the molecule is CC(=O)c1cccc(Nc2nc(Nc3cccc(Cl)c3)nc(N3CCOCC3)n2)c1. The van der Waals surface area contributed by atoms with Gasteiger partial charge in [-0.15, -0.1) is 0 Å². The molecule has 4 rings (SSSR count). The molecule has 0 radical (unpaired) electrons. The molecule has 1 fully saturated rings. The van der Waals surface area contributed by atoms with Crippen LogP contribution in [0.15, 0.2) is 48.5 Å². The van der Waals surface area contributed by atoms with Gasteiger partial charge in [-0.2, -0.15) is 15.0 Å². The zero-order chi connectivity index (χ0) is 20.9. The van der Waals surface area contributed by atoms with Crippen molar-refractivity contribution < 1.29 is 9.53 Å². The van der Waals surface area contributed by atoms with Gasteiger partial charge in [0.1, 0.15) is 0 Å². The number of ketones is 1. The predicted molar refractivity (Wildman–Crippen MR) is 117 cm³/mol. The Balaban J connectivity index is 1.66. The summed E-state index contributed by atoms with van der Waals surface area (Å²) >= 11 is 6.09. The quantitative estimate of drug-likeness (QED) is 0.572. The number of benzene rings is 2. The van der Waals surface area contributed by atoms with E-state index in [1.54, 1.807) is 24.3 Å². The lowest BCUT2D eigenvalue weighted by Crippen LogP contribution is -2.37. The number of nitrogens with zero attached hydrogens (tertiary/aromatic N) is 4. The van der Waals surface area contributed by atoms with Crippen LogP contribution in [0.4, 0.5) is 29.2 Å². The van der Waals surface area contributed by atoms with Crippen molar-refractivity contribution in [1.82, 2.24) is 15.0 Å². The Morgan fingerprint density at radius 3 is 2.23 bits per heavy atom. The molecule has 3 aromatic rings. The van der Waals surface area contributed by atoms with Gasteiger partial charge < -0.3 is 20.3 Å². The summed E-state index contributed by atoms with van der Waals surface area (Å²) in [7, 11) is 0. The van der Waals surface area contributed by atoms with Crippen molar-refractivity contribution in [3.63, 3.8) is 0 Å². The zero-order valence-corrected chi connectivity index (χ0v) is 17.2. The molecule has 154 valence electrons. The Kier molecular flexibility index (Phi) is 6.06. The van der Waals surface area contributed by atoms with E-state index in [9.17, 15) is 4.79 Å². The number of carbonyl (C=O) groups is 1. The maximum absolute atomic E-state index is 11.7. The second kappa shape index (κ2) is 9.06. The molecule has 0 amide bonds. The monoisotopic (exact) mass is 424 g/mol. The van der Waals surface area contributed by atoms with Crippen LogP contribution >= 0.6 is 11.6 Å². The second-order valence-corrected chi connectivity index (χ2v) is 7.22. The van der Waals surface area contributed by atoms with Crippen molar-refractivity contribution in [2.45, 2.75) is 6.92 Å². The molecule has 8 nitrogen and oxygen atoms in total. The van der Waals surface area contributed by atoms with Crippen LogP contribution < -0.4 is 15.5 Å². The summed E-state index contributed by atoms with van der Waals surface area (Å²) < 4.78 is 5.43. The first-order valence-electron chi connectivity index (χ1n) is 9.56. The van der Waals surface area contributed by atoms with Gasteiger partial charge in [0.25, 0.3) is 0 Å². The highest BCUT2D eigenvalue weighted by Gasteiger charge is 2.17. The number of halogens is 1. The molecule has 0 atom stereocenters. The van der Waals surface area contributed by atoms with Crippen LogP contribution in [0.3, 0.4) is 0 Å². The molecular weight excluding hydrogens is 404 g/mol. The van der Waals surface area contributed by atoms with Gasteiger partial charge in [0.15, 0.2) is 5.78 Å². The number of Topliss-reactive ketones (excluding diaryl/α,β-unsaturated/α-hetero) is 1. The number of anilines is 5. The predicted octanol–water partition coefficient (Wildman–Crippen LogP) is 4.05. The average molecular weight is 425 g/mol. The summed E-state index contributed by atoms with van der Waals surface area (Å²) in [6, 6.07) is 14.5. The summed E-state index contributed by atoms with van der Waals surface area (Å²) in [6.45, 7) is 4.16. The Morgan fingerprint density at radius 1 is 0.967 bits per heavy atom. The molecule has 9 heteroatoms. The first-order chi connectivity index (χ1) is 14.6. The van der Waals surface area contributed by atoms with E-state index in [0.717, 1.165) is 11.4 Å². The van der Waals surface area contributed by atoms with Gasteiger partial charge in [-0.1, -0.05) is 29.8 Å². The minimum Gasteiger partial charge on any atom is -0.378 e. The number of carbonyl (C=O) groups excluding carboxylic acids is 1. The summed E-state index contributed by atoms with van der Waals surface area (Å²) in [6.07, 6.45) is 0. The molecule has 2 aromatic carbocycles. The van der Waals surface area contributed by atoms with Crippen LogP contribution in [-0.2, 0) is 4.74 Å². The molecule has 1 aliphatic heterocycles. The fourth-order valence-corrected chi connectivity index (χ4v) is 3.21. The number of hydrogen-bond acceptors (Lipinski definition) is 8. The first-order valence-corrected chi connectivity index (χ1v) is 9.94. The molecule has 2 heterocycles. The van der Waals surface area contributed by atoms with E-state index in [0.29, 0.717) is 54.7 Å². The summed E-state index contributed by atoms with van der Waals surface area (Å²) in [4.78, 5) is 27.4. The highest BCUT2D eigenvalue weighted by molar-refractivity contribution is 6.30. The minimum atomic E-state index is -0.00776. The lowest BCUT2D eigenvalue weighted by atomic mass is 10.1. The molecular formula is C21H21ClN6O2. The third kappa shape index (κ3) is 5.03. The smallest absolute Gasteiger partial charge is 0.233 e. The second-order valence-electron chi connectivity index (χ2n) is 6.78. The summed E-state index contributed by atoms with van der Waals surface area (Å²) in [5.41, 5.74) is 2.10. The molecule has 1 saturated heterocycles. The van der Waals surface area contributed by atoms with E-state index in [2.05, 4.69) is 25.6 Å². The topological polar surface area (TPSA) is 92.3 Å². The van der Waals surface area contributed by atoms with Crippen LogP contribution in [0.5, 0.6) is 0 Å². The van der Waals surface area contributed by atoms with Gasteiger partial charge in [0.05, 0.1) is 13.2 Å². The van der Waals surface area contributed by atoms with Crippen LogP contribution in [-0.4, -0.2) is 47.0 Å². The molecule has 0 bridgehead atoms. The van der Waals surface area contributed by atoms with Crippen LogP contribution in [0.2, 0.25) is 5.02 Å². The standard InChI is InChI=1S/C21H21ClN6O2/c1-14(29)15-4-2-6-17(12-15)23-19-25-20(24-18-7-3-5-16(22)13-18)27-21(26-19)28-8-10-30-11-9-28/h2-7,12-13H,8-11H2,1H3,(H2,23,24,25,26,27). The fraction of sp³-hybridized carbons (Fsp3) is 0.238. The molecule has 0 saturated carbocycles. The molecule has 30 heavy (non-hydrogen) atoms. The molecule has 0 unspecified atom stereocenters. The van der Waals surface area contributed by atoms with E-state index < -0.39 is 0 Å². The maximum atomic E-state index is 11.7. The van der Waals surface area contributed by atoms with E-state index in [4.69, 9.17) is 16.3 Å². The minimum absolute atomic E-state index is 0.00776. The van der Waals surface area contributed by atoms with Gasteiger partial charge in [-0.05, 0) is 37.3 Å². The maximum Gasteiger partial charge on any atom is 0.233 e. The van der Waals surface area contributed by atoms with Gasteiger partial charge in [0.2, 0.25) is 17.8 Å². The fourth-order valence-electron chi connectivity index (χ4n) is 3.02. The largest absolute Gasteiger partial charge is 0.378 e. The van der Waals surface area contributed by atoms with Crippen LogP contribution in [0, 0.1) is 0 Å². The first kappa shape index (κ1) is 20.1. The summed E-state index contributed by atoms with van der Waals surface area (Å²) in [5.74, 6) is 1.30. The van der Waals surface area contributed by atoms with Gasteiger partial charge in [-0.3, -0.25) is 4.79 Å². The Labute approximate surface area is 179 Å². The van der Waals surface area contributed by atoms with E-state index in [-0.39, 0.29) is 5.78 Å². The lowest BCUT2D eigenvalue weighted by Gasteiger charge is -2.27. The highest BCUT2D eigenvalue weighted by Crippen LogP contribution is 2.23. The van der Waals surface area contributed by atoms with E-state index in [1.807, 2.05) is 29.2 Å². The van der Waals surface area contributed by atoms with Crippen molar-refractivity contribution in [3.05, 3.63) is 59.1 Å². The highest BCUT2D eigenvalue weighted by atomic mass is 35.5. The molecule has 0 spiro atoms. The van der Waals surface area contributed by atoms with Crippen molar-refractivity contribution in [1.29, 1.82) is 0 Å². The van der Waals surface area contributed by atoms with Crippen molar-refractivity contribution in [2.24, 2.45) is 0 Å². The molecule has 1 aliphatic rings. The number of ether oxygens (including phenoxy) is 1. The Morgan fingerprint density at radius 2 is 1.60 bits per heavy atom. The Bertz CT molecular complexity index is 1060. The number of rotatable bonds is 6. The third-order valence-corrected chi connectivity index (χ3v) is 4.76. The number of morpholine rings is 1. The van der Waals surface area contributed by atoms with Crippen molar-refractivity contribution in [2.75, 3.05) is 41.8 Å². The van der Waals surface area contributed by atoms with E-state index in [1.165, 1.54) is 6.92 Å². The summed E-state index contributed by atoms with van der Waals surface area (Å²) in [5, 5.41) is 6.97. The van der Waals surface area contributed by atoms with Gasteiger partial charge in [0, 0.05) is 35.1 Å². The van der Waals surface area contributed by atoms with Crippen molar-refractivity contribution >= 4 is 46.6 Å². The van der Waals surface area contributed by atoms with E-state index >= 15 is 0 Å². The number of aromatic nitrogens is 3. The van der Waals surface area contributed by atoms with Gasteiger partial charge in [-0.25, -0.2) is 0 Å². The normalized spacial score (nSPS) is 13.7. The molecule has 1 aromatic heterocycles. The van der Waals surface area contributed by atoms with Gasteiger partial charge >= 0.3 is 0 Å². The average Bonchev–Trinajstić information content (AvgIpc) is 2.74. The number of nitrogens with one attached hydrogen (secondary N) is 2. The number of hydrogen-bond donors (Lipinski definition) is 2.